The number of anilines is 1. The molecule has 2 N–H and O–H groups in total. The van der Waals surface area contributed by atoms with Gasteiger partial charge in [0.15, 0.2) is 11.6 Å². The van der Waals surface area contributed by atoms with Gasteiger partial charge in [0.05, 0.1) is 10.6 Å². The van der Waals surface area contributed by atoms with Crippen molar-refractivity contribution < 1.29 is 17.2 Å². The molecule has 2 rings (SSSR count). The molecule has 8 heteroatoms. The predicted octanol–water partition coefficient (Wildman–Crippen LogP) is 2.55. The zero-order valence-electron chi connectivity index (χ0n) is 10.5. The molecule has 0 fully saturated rings. The highest BCUT2D eigenvalue weighted by Crippen LogP contribution is 2.24. The standard InChI is InChI=1S/C12H12F2N2O2S2/c1-15-6-8-5-9(7-19-8)20(17,18)16-11-4-2-3-10(13)12(11)14/h2-5,7,15-16H,6H2,1H3. The van der Waals surface area contributed by atoms with Gasteiger partial charge in [-0.15, -0.1) is 11.3 Å². The summed E-state index contributed by atoms with van der Waals surface area (Å²) in [4.78, 5) is 0.851. The molecule has 0 aliphatic carbocycles. The molecule has 0 atom stereocenters. The Bertz CT molecular complexity index is 714. The largest absolute Gasteiger partial charge is 0.315 e. The van der Waals surface area contributed by atoms with Crippen molar-refractivity contribution in [2.24, 2.45) is 0 Å². The van der Waals surface area contributed by atoms with Crippen LogP contribution in [0.3, 0.4) is 0 Å². The van der Waals surface area contributed by atoms with E-state index >= 15 is 0 Å². The number of hydrogen-bond donors (Lipinski definition) is 2. The Balaban J connectivity index is 2.28. The molecular weight excluding hydrogens is 306 g/mol. The molecule has 1 heterocycles. The van der Waals surface area contributed by atoms with Gasteiger partial charge in [-0.2, -0.15) is 0 Å². The molecule has 0 aliphatic rings. The van der Waals surface area contributed by atoms with Crippen LogP contribution in [0.4, 0.5) is 14.5 Å². The Morgan fingerprint density at radius 2 is 2.05 bits per heavy atom. The van der Waals surface area contributed by atoms with Gasteiger partial charge in [0, 0.05) is 16.8 Å². The Morgan fingerprint density at radius 3 is 2.75 bits per heavy atom. The highest BCUT2D eigenvalue weighted by atomic mass is 32.2. The van der Waals surface area contributed by atoms with Gasteiger partial charge >= 0.3 is 0 Å². The van der Waals surface area contributed by atoms with Gasteiger partial charge in [-0.1, -0.05) is 6.07 Å². The van der Waals surface area contributed by atoms with Crippen LogP contribution >= 0.6 is 11.3 Å². The normalized spacial score (nSPS) is 11.6. The minimum Gasteiger partial charge on any atom is -0.315 e. The number of hydrogen-bond acceptors (Lipinski definition) is 4. The molecule has 4 nitrogen and oxygen atoms in total. The molecule has 1 aromatic heterocycles. The summed E-state index contributed by atoms with van der Waals surface area (Å²) in [7, 11) is -2.18. The van der Waals surface area contributed by atoms with E-state index in [4.69, 9.17) is 0 Å². The van der Waals surface area contributed by atoms with E-state index in [1.807, 2.05) is 4.72 Å². The molecule has 20 heavy (non-hydrogen) atoms. The summed E-state index contributed by atoms with van der Waals surface area (Å²) in [5.74, 6) is -2.33. The molecule has 0 radical (unpaired) electrons. The van der Waals surface area contributed by atoms with Gasteiger partial charge in [0.1, 0.15) is 0 Å². The number of sulfonamides is 1. The number of thiophene rings is 1. The van der Waals surface area contributed by atoms with Gasteiger partial charge in [-0.25, -0.2) is 17.2 Å². The number of halogens is 2. The van der Waals surface area contributed by atoms with E-state index in [9.17, 15) is 17.2 Å². The van der Waals surface area contributed by atoms with Crippen molar-refractivity contribution in [1.29, 1.82) is 0 Å². The quantitative estimate of drug-likeness (QED) is 0.891. The Morgan fingerprint density at radius 1 is 1.30 bits per heavy atom. The number of benzene rings is 1. The van der Waals surface area contributed by atoms with Crippen molar-refractivity contribution in [3.63, 3.8) is 0 Å². The third kappa shape index (κ3) is 3.14. The van der Waals surface area contributed by atoms with Gasteiger partial charge in [0.2, 0.25) is 0 Å². The van der Waals surface area contributed by atoms with Crippen LogP contribution in [0.5, 0.6) is 0 Å². The van der Waals surface area contributed by atoms with Gasteiger partial charge in [0.25, 0.3) is 10.0 Å². The smallest absolute Gasteiger partial charge is 0.262 e. The fourth-order valence-corrected chi connectivity index (χ4v) is 3.90. The van der Waals surface area contributed by atoms with Gasteiger partial charge in [-0.05, 0) is 25.2 Å². The molecular formula is C12H12F2N2O2S2. The summed E-state index contributed by atoms with van der Waals surface area (Å²) in [5.41, 5.74) is -0.411. The van der Waals surface area contributed by atoms with E-state index < -0.39 is 27.3 Å². The van der Waals surface area contributed by atoms with Crippen LogP contribution in [0.25, 0.3) is 0 Å². The summed E-state index contributed by atoms with van der Waals surface area (Å²) in [6.07, 6.45) is 0. The van der Waals surface area contributed by atoms with E-state index in [2.05, 4.69) is 5.32 Å². The summed E-state index contributed by atoms with van der Waals surface area (Å²) < 4.78 is 52.7. The molecule has 0 saturated carbocycles. The second kappa shape index (κ2) is 5.86. The molecule has 1 aromatic carbocycles. The lowest BCUT2D eigenvalue weighted by Crippen LogP contribution is -2.13. The average Bonchev–Trinajstić information content (AvgIpc) is 2.85. The number of nitrogens with one attached hydrogen (secondary N) is 2. The topological polar surface area (TPSA) is 58.2 Å². The first kappa shape index (κ1) is 14.9. The third-order valence-electron chi connectivity index (χ3n) is 2.49. The maximum atomic E-state index is 13.5. The maximum Gasteiger partial charge on any atom is 0.262 e. The molecule has 108 valence electrons. The highest BCUT2D eigenvalue weighted by molar-refractivity contribution is 7.92. The van der Waals surface area contributed by atoms with Crippen LogP contribution in [0.1, 0.15) is 4.88 Å². The highest BCUT2D eigenvalue weighted by Gasteiger charge is 2.19. The van der Waals surface area contributed by atoms with Crippen molar-refractivity contribution in [2.75, 3.05) is 11.8 Å². The number of rotatable bonds is 5. The predicted molar refractivity (Wildman–Crippen MR) is 74.2 cm³/mol. The average molecular weight is 318 g/mol. The minimum atomic E-state index is -3.92. The van der Waals surface area contributed by atoms with Crippen LogP contribution in [0, 0.1) is 11.6 Å². The van der Waals surface area contributed by atoms with Crippen LogP contribution in [-0.4, -0.2) is 15.5 Å². The third-order valence-corrected chi connectivity index (χ3v) is 4.92. The van der Waals surface area contributed by atoms with Crippen molar-refractivity contribution >= 4 is 27.0 Å². The van der Waals surface area contributed by atoms with Gasteiger partial charge in [-0.3, -0.25) is 4.72 Å². The second-order valence-electron chi connectivity index (χ2n) is 3.99. The minimum absolute atomic E-state index is 0.0245. The fraction of sp³-hybridized carbons (Fsp3) is 0.167. The first-order valence-corrected chi connectivity index (χ1v) is 7.99. The maximum absolute atomic E-state index is 13.5. The monoisotopic (exact) mass is 318 g/mol. The van der Waals surface area contributed by atoms with E-state index in [-0.39, 0.29) is 4.90 Å². The Labute approximate surface area is 119 Å². The zero-order valence-corrected chi connectivity index (χ0v) is 12.1. The summed E-state index contributed by atoms with van der Waals surface area (Å²) in [5, 5.41) is 4.35. The molecule has 0 unspecified atom stereocenters. The van der Waals surface area contributed by atoms with Crippen LogP contribution in [0.15, 0.2) is 34.5 Å². The lowest BCUT2D eigenvalue weighted by molar-refractivity contribution is 0.511. The molecule has 0 spiro atoms. The first-order valence-electron chi connectivity index (χ1n) is 5.63. The van der Waals surface area contributed by atoms with Crippen molar-refractivity contribution in [2.45, 2.75) is 11.4 Å². The second-order valence-corrected chi connectivity index (χ2v) is 6.66. The zero-order chi connectivity index (χ0) is 14.8. The fourth-order valence-electron chi connectivity index (χ4n) is 1.55. The van der Waals surface area contributed by atoms with Crippen LogP contribution in [-0.2, 0) is 16.6 Å². The van der Waals surface area contributed by atoms with Crippen LogP contribution in [0.2, 0.25) is 0 Å². The molecule has 0 amide bonds. The summed E-state index contributed by atoms with van der Waals surface area (Å²) in [6.45, 7) is 0.536. The lowest BCUT2D eigenvalue weighted by Gasteiger charge is -2.07. The SMILES string of the molecule is CNCc1cc(S(=O)(=O)Nc2cccc(F)c2F)cs1. The molecule has 2 aromatic rings. The van der Waals surface area contributed by atoms with E-state index in [1.165, 1.54) is 28.8 Å². The summed E-state index contributed by atoms with van der Waals surface area (Å²) in [6, 6.07) is 4.80. The van der Waals surface area contributed by atoms with E-state index in [0.29, 0.717) is 6.54 Å². The Hall–Kier alpha value is -1.51. The van der Waals surface area contributed by atoms with Crippen molar-refractivity contribution in [1.82, 2.24) is 5.32 Å². The van der Waals surface area contributed by atoms with Crippen molar-refractivity contribution in [3.05, 3.63) is 46.2 Å². The van der Waals surface area contributed by atoms with Crippen molar-refractivity contribution in [3.8, 4) is 0 Å². The molecule has 0 aliphatic heterocycles. The Kier molecular flexibility index (Phi) is 4.36. The van der Waals surface area contributed by atoms with Crippen LogP contribution < -0.4 is 10.0 Å². The first-order chi connectivity index (χ1) is 9.44. The van der Waals surface area contributed by atoms with E-state index in [0.717, 1.165) is 17.0 Å². The molecule has 0 saturated heterocycles. The molecule has 0 bridgehead atoms. The lowest BCUT2D eigenvalue weighted by atomic mass is 10.3. The summed E-state index contributed by atoms with van der Waals surface area (Å²) >= 11 is 1.27. The van der Waals surface area contributed by atoms with Gasteiger partial charge < -0.3 is 5.32 Å². The van der Waals surface area contributed by atoms with E-state index in [1.54, 1.807) is 7.05 Å².